The van der Waals surface area contributed by atoms with Crippen molar-refractivity contribution in [3.8, 4) is 5.75 Å². The molecule has 0 spiro atoms. The molecule has 16 nitrogen and oxygen atoms in total. The van der Waals surface area contributed by atoms with Gasteiger partial charge in [0.15, 0.2) is 6.10 Å². The lowest BCUT2D eigenvalue weighted by molar-refractivity contribution is -0.271. The Balaban J connectivity index is 1.55. The molecule has 1 unspecified atom stereocenters. The van der Waals surface area contributed by atoms with Crippen LogP contribution in [0.1, 0.15) is 92.1 Å². The summed E-state index contributed by atoms with van der Waals surface area (Å²) in [6.07, 6.45) is -6.86. The van der Waals surface area contributed by atoms with Gasteiger partial charge in [0, 0.05) is 32.4 Å². The molecular weight excluding hydrogens is 682 g/mol. The van der Waals surface area contributed by atoms with Crippen molar-refractivity contribution in [3.05, 3.63) is 23.8 Å². The molecule has 6 N–H and O–H groups in total. The summed E-state index contributed by atoms with van der Waals surface area (Å²) < 4.78 is 16.3. The van der Waals surface area contributed by atoms with Crippen LogP contribution >= 0.6 is 0 Å². The molecule has 0 radical (unpaired) electrons. The van der Waals surface area contributed by atoms with Gasteiger partial charge in [0.2, 0.25) is 29.9 Å². The van der Waals surface area contributed by atoms with Crippen molar-refractivity contribution in [2.45, 2.75) is 124 Å². The summed E-state index contributed by atoms with van der Waals surface area (Å²) in [5.74, 6) is -3.61. The minimum Gasteiger partial charge on any atom is -0.479 e. The van der Waals surface area contributed by atoms with Gasteiger partial charge < -0.3 is 45.3 Å². The number of amides is 4. The van der Waals surface area contributed by atoms with Gasteiger partial charge in [-0.15, -0.1) is 0 Å². The third kappa shape index (κ3) is 11.2. The van der Waals surface area contributed by atoms with E-state index in [9.17, 15) is 49.2 Å². The van der Waals surface area contributed by atoms with Crippen LogP contribution in [0.4, 0.5) is 5.69 Å². The van der Waals surface area contributed by atoms with Crippen LogP contribution in [0.25, 0.3) is 0 Å². The fraction of sp³-hybridized carbons (Fsp3) is 0.667. The maximum atomic E-state index is 13.0. The Hall–Kier alpha value is -4.12. The number of carbonyl (C=O) groups is 6. The number of carboxylic acids is 1. The Morgan fingerprint density at radius 3 is 2.25 bits per heavy atom. The van der Waals surface area contributed by atoms with Crippen molar-refractivity contribution in [2.24, 2.45) is 16.7 Å². The molecule has 52 heavy (non-hydrogen) atoms. The maximum Gasteiger partial charge on any atom is 0.335 e. The maximum absolute atomic E-state index is 13.0. The Morgan fingerprint density at radius 2 is 1.63 bits per heavy atom. The van der Waals surface area contributed by atoms with Gasteiger partial charge in [-0.3, -0.25) is 28.9 Å². The summed E-state index contributed by atoms with van der Waals surface area (Å²) >= 11 is 0. The standard InChI is InChI=1S/C36H53N3O13/c1-7-36(5,6)34(49)50-19-20-12-13-23(51-33-29(45)27(43)28(44)30(52-33)32(47)48)22(17-20)38-25(41)14-15-37-24(40)11-9-8-10-16-39-26(42)18-21(31(39)46)35(2,3)4/h12-13,17,21,27-30,33,43-45H,7-11,14-16,18-19H2,1-6H3,(H,37,40)(H,38,41)(H,47,48)/t21?,27-,28-,29+,30-,33+/m0/s1. The second kappa shape index (κ2) is 18.1. The van der Waals surface area contributed by atoms with E-state index in [0.29, 0.717) is 37.8 Å². The molecular formula is C36H53N3O13. The van der Waals surface area contributed by atoms with Crippen molar-refractivity contribution < 1.29 is 63.4 Å². The van der Waals surface area contributed by atoms with Gasteiger partial charge in [0.25, 0.3) is 0 Å². The number of carbonyl (C=O) groups excluding carboxylic acids is 5. The zero-order valence-electron chi connectivity index (χ0n) is 30.7. The van der Waals surface area contributed by atoms with E-state index < -0.39 is 54.0 Å². The molecule has 4 amide bonds. The number of hydrogen-bond acceptors (Lipinski definition) is 12. The van der Waals surface area contributed by atoms with Crippen molar-refractivity contribution >= 4 is 41.3 Å². The third-order valence-electron chi connectivity index (χ3n) is 9.43. The molecule has 3 rings (SSSR count). The SMILES string of the molecule is CCC(C)(C)C(=O)OCc1ccc(O[C@@H]2O[C@H](C(=O)O)[C@@H](O)[C@H](O)[C@H]2O)c(NC(=O)CCNC(=O)CCCCCN2C(=O)CC(C(C)(C)C)C2=O)c1. The number of aliphatic hydroxyl groups is 3. The number of nitrogens with zero attached hydrogens (tertiary/aromatic N) is 1. The van der Waals surface area contributed by atoms with Gasteiger partial charge >= 0.3 is 11.9 Å². The summed E-state index contributed by atoms with van der Waals surface area (Å²) in [5.41, 5.74) is -0.537. The number of aliphatic hydroxyl groups excluding tert-OH is 3. The number of carboxylic acid groups (broad SMARTS) is 1. The van der Waals surface area contributed by atoms with E-state index >= 15 is 0 Å². The van der Waals surface area contributed by atoms with Gasteiger partial charge in [0.05, 0.1) is 17.0 Å². The number of likely N-dealkylation sites (tertiary alicyclic amines) is 1. The molecule has 2 aliphatic rings. The highest BCUT2D eigenvalue weighted by Gasteiger charge is 2.48. The summed E-state index contributed by atoms with van der Waals surface area (Å²) in [6.45, 7) is 11.3. The average Bonchev–Trinajstić information content (AvgIpc) is 3.37. The molecule has 1 aromatic carbocycles. The van der Waals surface area contributed by atoms with Crippen molar-refractivity contribution in [1.29, 1.82) is 0 Å². The monoisotopic (exact) mass is 735 g/mol. The first-order chi connectivity index (χ1) is 24.3. The van der Waals surface area contributed by atoms with Crippen molar-refractivity contribution in [2.75, 3.05) is 18.4 Å². The first kappa shape index (κ1) is 42.3. The molecule has 0 saturated carbocycles. The lowest BCUT2D eigenvalue weighted by Gasteiger charge is -2.38. The predicted octanol–water partition coefficient (Wildman–Crippen LogP) is 1.86. The third-order valence-corrected chi connectivity index (χ3v) is 9.43. The van der Waals surface area contributed by atoms with E-state index in [4.69, 9.17) is 14.2 Å². The highest BCUT2D eigenvalue weighted by molar-refractivity contribution is 6.03. The number of anilines is 1. The topological polar surface area (TPSA) is 238 Å². The molecule has 290 valence electrons. The second-order valence-corrected chi connectivity index (χ2v) is 15.0. The molecule has 0 bridgehead atoms. The molecule has 2 aliphatic heterocycles. The zero-order valence-corrected chi connectivity index (χ0v) is 30.7. The lowest BCUT2D eigenvalue weighted by Crippen LogP contribution is -2.61. The van der Waals surface area contributed by atoms with E-state index in [-0.39, 0.29) is 72.9 Å². The summed E-state index contributed by atoms with van der Waals surface area (Å²) in [7, 11) is 0. The number of ether oxygens (including phenoxy) is 3. The molecule has 2 saturated heterocycles. The first-order valence-corrected chi connectivity index (χ1v) is 17.6. The molecule has 0 aliphatic carbocycles. The van der Waals surface area contributed by atoms with Crippen LogP contribution in [0.2, 0.25) is 0 Å². The number of imide groups is 1. The number of benzene rings is 1. The molecule has 0 aromatic heterocycles. The van der Waals surface area contributed by atoms with Crippen molar-refractivity contribution in [3.63, 3.8) is 0 Å². The smallest absolute Gasteiger partial charge is 0.335 e. The van der Waals surface area contributed by atoms with Crippen LogP contribution in [-0.2, 0) is 44.8 Å². The fourth-order valence-electron chi connectivity index (χ4n) is 5.57. The van der Waals surface area contributed by atoms with E-state index in [0.717, 1.165) is 0 Å². The molecule has 2 heterocycles. The quantitative estimate of drug-likeness (QED) is 0.0762. The van der Waals surface area contributed by atoms with Gasteiger partial charge in [-0.2, -0.15) is 0 Å². The molecule has 6 atom stereocenters. The number of unbranched alkanes of at least 4 members (excludes halogenated alkanes) is 2. The van der Waals surface area contributed by atoms with Gasteiger partial charge in [-0.1, -0.05) is 40.2 Å². The van der Waals surface area contributed by atoms with Crippen LogP contribution in [0.3, 0.4) is 0 Å². The van der Waals surface area contributed by atoms with E-state index in [1.54, 1.807) is 13.8 Å². The zero-order chi connectivity index (χ0) is 39.0. The van der Waals surface area contributed by atoms with Gasteiger partial charge in [-0.05, 0) is 56.2 Å². The van der Waals surface area contributed by atoms with E-state index in [2.05, 4.69) is 10.6 Å². The molecule has 1 aromatic rings. The van der Waals surface area contributed by atoms with Gasteiger partial charge in [0.1, 0.15) is 30.7 Å². The summed E-state index contributed by atoms with van der Waals surface area (Å²) in [5, 5.41) is 45.3. The van der Waals surface area contributed by atoms with Crippen molar-refractivity contribution in [1.82, 2.24) is 10.2 Å². The number of esters is 1. The Labute approximate surface area is 303 Å². The average molecular weight is 736 g/mol. The molecule has 16 heteroatoms. The normalized spacial score (nSPS) is 23.7. The van der Waals surface area contributed by atoms with Crippen LogP contribution < -0.4 is 15.4 Å². The largest absolute Gasteiger partial charge is 0.479 e. The van der Waals surface area contributed by atoms with Crippen LogP contribution in [0.5, 0.6) is 5.75 Å². The minimum atomic E-state index is -1.93. The minimum absolute atomic E-state index is 0.00986. The lowest BCUT2D eigenvalue weighted by atomic mass is 9.80. The second-order valence-electron chi connectivity index (χ2n) is 15.0. The van der Waals surface area contributed by atoms with E-state index in [1.807, 2.05) is 27.7 Å². The number of aliphatic carboxylic acids is 1. The van der Waals surface area contributed by atoms with E-state index in [1.165, 1.54) is 23.1 Å². The fourth-order valence-corrected chi connectivity index (χ4v) is 5.57. The number of nitrogens with one attached hydrogen (secondary N) is 2. The van der Waals surface area contributed by atoms with Gasteiger partial charge in [-0.25, -0.2) is 4.79 Å². The Morgan fingerprint density at radius 1 is 0.942 bits per heavy atom. The van der Waals surface area contributed by atoms with Crippen LogP contribution in [-0.4, -0.2) is 105 Å². The Bertz CT molecular complexity index is 1470. The summed E-state index contributed by atoms with van der Waals surface area (Å²) in [4.78, 5) is 75.7. The van der Waals surface area contributed by atoms with Crippen LogP contribution in [0, 0.1) is 16.7 Å². The molecule has 2 fully saturated rings. The number of rotatable bonds is 17. The highest BCUT2D eigenvalue weighted by atomic mass is 16.7. The first-order valence-electron chi connectivity index (χ1n) is 17.6. The number of hydrogen-bond donors (Lipinski definition) is 6. The Kier molecular flexibility index (Phi) is 14.7. The highest BCUT2D eigenvalue weighted by Crippen LogP contribution is 2.36. The summed E-state index contributed by atoms with van der Waals surface area (Å²) in [6, 6.07) is 4.32. The predicted molar refractivity (Wildman–Crippen MR) is 184 cm³/mol. The van der Waals surface area contributed by atoms with Crippen LogP contribution in [0.15, 0.2) is 18.2 Å².